The first-order valence-corrected chi connectivity index (χ1v) is 37.7. The molecule has 0 amide bonds. The van der Waals surface area contributed by atoms with Gasteiger partial charge in [0.25, 0.3) is 0 Å². The Bertz CT molecular complexity index is 765. The van der Waals surface area contributed by atoms with Gasteiger partial charge in [0.05, 0.1) is 0 Å². The van der Waals surface area contributed by atoms with Crippen molar-refractivity contribution in [1.29, 1.82) is 0 Å². The predicted molar refractivity (Wildman–Crippen MR) is 104 cm³/mol. The van der Waals surface area contributed by atoms with E-state index in [9.17, 15) is 0 Å². The molecule has 2 aliphatic rings. The number of hydrogen-bond donors (Lipinski definition) is 0. The smallest absolute Gasteiger partial charge is 1.00 e. The van der Waals surface area contributed by atoms with Crippen LogP contribution in [-0.4, -0.2) is 14.7 Å². The van der Waals surface area contributed by atoms with Crippen molar-refractivity contribution in [1.82, 2.24) is 0 Å². The Morgan fingerprint density at radius 2 is 1.35 bits per heavy atom. The van der Waals surface area contributed by atoms with Gasteiger partial charge in [-0.05, 0) is 0 Å². The maximum absolute atomic E-state index is 4.27. The van der Waals surface area contributed by atoms with Gasteiger partial charge in [0, 0.05) is 0 Å². The third-order valence-corrected chi connectivity index (χ3v) is 45.1. The maximum Gasteiger partial charge on any atom is -1.00 e. The van der Waals surface area contributed by atoms with Crippen LogP contribution in [0.15, 0.2) is 54.6 Å². The van der Waals surface area contributed by atoms with Crippen LogP contribution in [0.2, 0.25) is 22.2 Å². The molecule has 2 aliphatic carbocycles. The van der Waals surface area contributed by atoms with Crippen LogP contribution in [0.5, 0.6) is 0 Å². The molecule has 0 aliphatic heterocycles. The molecule has 5 heteroatoms. The minimum Gasteiger partial charge on any atom is -1.00 e. The van der Waals surface area contributed by atoms with E-state index in [1.807, 2.05) is 0 Å². The largest absolute Gasteiger partial charge is 1.00 e. The minimum absolute atomic E-state index is 0. The molecule has 0 radical (unpaired) electrons. The molecule has 23 heavy (non-hydrogen) atoms. The SMILES string of the molecule is [CH3][Zr]([CH3])([CH3])([CH3])([SiH3])([SiH3])([CH]1C=CC=C1)[CH]1C=Cc2ccccc21.[Cl-].[Cl-]. The molecule has 0 fully saturated rings. The van der Waals surface area contributed by atoms with Crippen molar-refractivity contribution < 1.29 is 37.5 Å². The van der Waals surface area contributed by atoms with E-state index in [0.717, 1.165) is 0 Å². The van der Waals surface area contributed by atoms with Crippen LogP contribution >= 0.6 is 0 Å². The molecular weight excluding hydrogens is 435 g/mol. The summed E-state index contributed by atoms with van der Waals surface area (Å²) in [5.41, 5.74) is 3.02. The molecule has 0 spiro atoms. The number of hydrogen-bond acceptors (Lipinski definition) is 0. The van der Waals surface area contributed by atoms with Gasteiger partial charge in [-0.3, -0.25) is 0 Å². The van der Waals surface area contributed by atoms with Gasteiger partial charge >= 0.3 is 125 Å². The van der Waals surface area contributed by atoms with E-state index in [1.54, 1.807) is 5.56 Å². The standard InChI is InChI=1S/C9H7.C5H5.4CH3.2ClH.2H3Si.Zr/c1-2-5-9-7-3-6-8(9)4-1;1-2-4-5-3-1;;;;;;;;;/h1-7H;1-5H;4*1H3;2*1H;2*1H3;/p-2. The Morgan fingerprint density at radius 3 is 1.91 bits per heavy atom. The summed E-state index contributed by atoms with van der Waals surface area (Å²) in [6.07, 6.45) is 14.5. The van der Waals surface area contributed by atoms with Gasteiger partial charge in [0.2, 0.25) is 0 Å². The number of benzene rings is 1. The zero-order valence-corrected chi connectivity index (χ0v) is 23.2. The van der Waals surface area contributed by atoms with E-state index >= 15 is 0 Å². The summed E-state index contributed by atoms with van der Waals surface area (Å²) >= 11 is -4.27. The average molecular weight is 465 g/mol. The third-order valence-electron chi connectivity index (χ3n) is 6.79. The summed E-state index contributed by atoms with van der Waals surface area (Å²) in [5.74, 6) is 0. The van der Waals surface area contributed by atoms with Crippen LogP contribution in [0.1, 0.15) is 14.8 Å². The second-order valence-electron chi connectivity index (χ2n) is 14.9. The number of fused-ring (bicyclic) bond motifs is 1. The molecular formula is C18H30Cl2Si2Zr-2. The third kappa shape index (κ3) is 3.02. The van der Waals surface area contributed by atoms with E-state index in [2.05, 4.69) is 79.2 Å². The van der Waals surface area contributed by atoms with Gasteiger partial charge in [-0.25, -0.2) is 0 Å². The van der Waals surface area contributed by atoms with Crippen LogP contribution in [0, 0.1) is 0 Å². The molecule has 1 aromatic rings. The zero-order chi connectivity index (χ0) is 15.7. The maximum atomic E-state index is 2.75. The van der Waals surface area contributed by atoms with Gasteiger partial charge in [0.15, 0.2) is 0 Å². The molecule has 0 bridgehead atoms. The zero-order valence-electron chi connectivity index (χ0n) is 15.2. The summed E-state index contributed by atoms with van der Waals surface area (Å²) in [6.45, 7) is 0. The second-order valence-corrected chi connectivity index (χ2v) is 157. The Labute approximate surface area is 148 Å². The van der Waals surface area contributed by atoms with E-state index in [4.69, 9.17) is 0 Å². The first-order valence-electron chi connectivity index (χ1n) is 8.32. The first-order chi connectivity index (χ1) is 9.15. The quantitative estimate of drug-likeness (QED) is 0.433. The molecule has 0 saturated heterocycles. The Balaban J connectivity index is 0.00000132. The van der Waals surface area contributed by atoms with Crippen molar-refractivity contribution in [3.05, 3.63) is 65.8 Å². The summed E-state index contributed by atoms with van der Waals surface area (Å²) in [7, 11) is 2.55. The summed E-state index contributed by atoms with van der Waals surface area (Å²) < 4.78 is 12.3. The van der Waals surface area contributed by atoms with Crippen LogP contribution in [0.4, 0.5) is 0 Å². The summed E-state index contributed by atoms with van der Waals surface area (Å²) in [5, 5.41) is 0. The van der Waals surface area contributed by atoms with Crippen LogP contribution < -0.4 is 24.8 Å². The molecule has 0 nitrogen and oxygen atoms in total. The van der Waals surface area contributed by atoms with Gasteiger partial charge < -0.3 is 24.8 Å². The summed E-state index contributed by atoms with van der Waals surface area (Å²) in [6, 6.07) is 9.05. The molecule has 3 rings (SSSR count). The molecule has 130 valence electrons. The van der Waals surface area contributed by atoms with E-state index in [-0.39, 0.29) is 24.8 Å². The minimum atomic E-state index is -4.27. The first kappa shape index (κ1) is 21.4. The predicted octanol–water partition coefficient (Wildman–Crippen LogP) is -2.27. The molecule has 1 aromatic carbocycles. The van der Waals surface area contributed by atoms with Crippen molar-refractivity contribution in [2.24, 2.45) is 0 Å². The Hall–Kier alpha value is 0.337. The number of rotatable bonds is 2. The van der Waals surface area contributed by atoms with Crippen LogP contribution in [0.25, 0.3) is 6.08 Å². The second kappa shape index (κ2) is 4.01. The van der Waals surface area contributed by atoms with Crippen molar-refractivity contribution in [2.75, 3.05) is 0 Å². The molecule has 0 heterocycles. The normalized spacial score (nSPS) is 26.3. The van der Waals surface area contributed by atoms with E-state index in [0.29, 0.717) is 7.25 Å². The Kier molecular flexibility index (Phi) is 3.73. The molecule has 0 saturated carbocycles. The fourth-order valence-electron chi connectivity index (χ4n) is 4.81. The summed E-state index contributed by atoms with van der Waals surface area (Å²) in [4.78, 5) is 0. The molecule has 1 atom stereocenters. The van der Waals surface area contributed by atoms with E-state index in [1.165, 1.54) is 20.3 Å². The van der Waals surface area contributed by atoms with Crippen molar-refractivity contribution >= 4 is 20.8 Å². The van der Waals surface area contributed by atoms with Crippen molar-refractivity contribution in [2.45, 2.75) is 25.8 Å². The van der Waals surface area contributed by atoms with Gasteiger partial charge in [0.1, 0.15) is 0 Å². The number of allylic oxidation sites excluding steroid dienone is 5. The molecule has 0 aromatic heterocycles. The average Bonchev–Trinajstić information content (AvgIpc) is 2.97. The van der Waals surface area contributed by atoms with Crippen LogP contribution in [-0.2, 0) is 12.7 Å². The fraction of sp³-hybridized carbons (Fsp3) is 0.333. The van der Waals surface area contributed by atoms with Crippen molar-refractivity contribution in [3.8, 4) is 0 Å². The fourth-order valence-corrected chi connectivity index (χ4v) is 32.1. The van der Waals surface area contributed by atoms with Gasteiger partial charge in [-0.2, -0.15) is 0 Å². The van der Waals surface area contributed by atoms with Gasteiger partial charge in [-0.15, -0.1) is 0 Å². The molecule has 1 unspecified atom stereocenters. The van der Waals surface area contributed by atoms with Crippen molar-refractivity contribution in [3.63, 3.8) is 0 Å². The molecule has 0 N–H and O–H groups in total. The van der Waals surface area contributed by atoms with Crippen LogP contribution in [0.3, 0.4) is 0 Å². The number of halogens is 2. The monoisotopic (exact) mass is 462 g/mol. The van der Waals surface area contributed by atoms with Gasteiger partial charge in [-0.1, -0.05) is 0 Å². The van der Waals surface area contributed by atoms with E-state index < -0.39 is 12.7 Å². The Morgan fingerprint density at radius 1 is 0.826 bits per heavy atom. The topological polar surface area (TPSA) is 0 Å².